The molecule has 0 aliphatic carbocycles. The van der Waals surface area contributed by atoms with E-state index in [0.29, 0.717) is 10.8 Å². The Bertz CT molecular complexity index is 742. The van der Waals surface area contributed by atoms with E-state index in [2.05, 4.69) is 15.3 Å². The van der Waals surface area contributed by atoms with Crippen molar-refractivity contribution in [1.82, 2.24) is 9.97 Å². The summed E-state index contributed by atoms with van der Waals surface area (Å²) in [6.07, 6.45) is 2.33. The molecule has 0 amide bonds. The van der Waals surface area contributed by atoms with Crippen molar-refractivity contribution in [1.29, 1.82) is 0 Å². The monoisotopic (exact) mass is 290 g/mol. The molecule has 102 valence electrons. The number of fused-ring (bicyclic) bond motifs is 1. The van der Waals surface area contributed by atoms with E-state index in [1.807, 2.05) is 25.1 Å². The molecule has 0 atom stereocenters. The fourth-order valence-corrected chi connectivity index (χ4v) is 2.10. The largest absolute Gasteiger partial charge is 0.485 e. The van der Waals surface area contributed by atoms with E-state index >= 15 is 0 Å². The normalized spacial score (nSPS) is 10.9. The summed E-state index contributed by atoms with van der Waals surface area (Å²) in [6.45, 7) is 3.90. The smallest absolute Gasteiger partial charge is 0.368 e. The summed E-state index contributed by atoms with van der Waals surface area (Å²) in [4.78, 5) is 8.15. The van der Waals surface area contributed by atoms with Crippen LogP contribution in [0.25, 0.3) is 11.2 Å². The van der Waals surface area contributed by atoms with Crippen LogP contribution in [0, 0.1) is 6.92 Å². The fraction of sp³-hybridized carbons (Fsp3) is 0.214. The molecule has 0 unspecified atom stereocenters. The molecule has 0 radical (unpaired) electrons. The highest BCUT2D eigenvalue weighted by Gasteiger charge is 2.10. The molecule has 1 aromatic carbocycles. The number of halogens is 1. The molecule has 2 aromatic heterocycles. The molecule has 5 nitrogen and oxygen atoms in total. The quantitative estimate of drug-likeness (QED) is 0.742. The first kappa shape index (κ1) is 12.9. The highest BCUT2D eigenvalue weighted by molar-refractivity contribution is 6.33. The van der Waals surface area contributed by atoms with Gasteiger partial charge in [0.05, 0.1) is 5.69 Å². The summed E-state index contributed by atoms with van der Waals surface area (Å²) >= 11 is 6.12. The number of aryl methyl sites for hydroxylation is 1. The van der Waals surface area contributed by atoms with E-state index in [4.69, 9.17) is 20.4 Å². The van der Waals surface area contributed by atoms with E-state index in [0.717, 1.165) is 35.4 Å². The first-order valence-corrected chi connectivity index (χ1v) is 6.61. The van der Waals surface area contributed by atoms with Crippen LogP contribution in [0.4, 0.5) is 5.82 Å². The summed E-state index contributed by atoms with van der Waals surface area (Å²) in [5, 5.41) is 3.77. The number of nitrogens with one attached hydrogen (secondary N) is 1. The molecule has 0 aliphatic heterocycles. The van der Waals surface area contributed by atoms with Crippen LogP contribution in [0.15, 0.2) is 39.8 Å². The van der Waals surface area contributed by atoms with Crippen LogP contribution in [0.2, 0.25) is 5.02 Å². The summed E-state index contributed by atoms with van der Waals surface area (Å²) in [6, 6.07) is 5.87. The Labute approximate surface area is 120 Å². The van der Waals surface area contributed by atoms with Crippen molar-refractivity contribution < 1.29 is 8.83 Å². The van der Waals surface area contributed by atoms with E-state index < -0.39 is 0 Å². The van der Waals surface area contributed by atoms with Crippen molar-refractivity contribution in [3.63, 3.8) is 0 Å². The zero-order chi connectivity index (χ0) is 13.9. The van der Waals surface area contributed by atoms with Gasteiger partial charge in [0.15, 0.2) is 0 Å². The highest BCUT2D eigenvalue weighted by Crippen LogP contribution is 2.21. The van der Waals surface area contributed by atoms with Crippen molar-refractivity contribution in [3.8, 4) is 0 Å². The van der Waals surface area contributed by atoms with Gasteiger partial charge >= 0.3 is 17.6 Å². The topological polar surface area (TPSA) is 62.2 Å². The average Bonchev–Trinajstić information content (AvgIpc) is 2.91. The number of hydrogen-bond donors (Lipinski definition) is 1. The summed E-state index contributed by atoms with van der Waals surface area (Å²) in [5.74, 6) is 0.660. The van der Waals surface area contributed by atoms with Crippen molar-refractivity contribution in [2.75, 3.05) is 11.9 Å². The maximum atomic E-state index is 6.12. The lowest BCUT2D eigenvalue weighted by Crippen LogP contribution is -2.07. The molecule has 2 heterocycles. The fourth-order valence-electron chi connectivity index (χ4n) is 1.93. The molecule has 3 rings (SSSR count). The molecule has 20 heavy (non-hydrogen) atoms. The third-order valence-electron chi connectivity index (χ3n) is 3.03. The summed E-state index contributed by atoms with van der Waals surface area (Å²) in [7, 11) is 0. The Morgan fingerprint density at radius 2 is 2.25 bits per heavy atom. The molecule has 0 aliphatic rings. The Kier molecular flexibility index (Phi) is 3.52. The third-order valence-corrected chi connectivity index (χ3v) is 3.48. The minimum absolute atomic E-state index is 0.563. The maximum absolute atomic E-state index is 6.12. The number of benzene rings is 1. The second kappa shape index (κ2) is 5.46. The summed E-state index contributed by atoms with van der Waals surface area (Å²) < 4.78 is 10.4. The SMILES string of the molecule is Cc1ncnc(NCCc2ccc3[o+]coc3c2)c1Cl. The van der Waals surface area contributed by atoms with Crippen LogP contribution in [0.3, 0.4) is 0 Å². The van der Waals surface area contributed by atoms with Crippen LogP contribution in [-0.4, -0.2) is 16.5 Å². The Hall–Kier alpha value is -2.14. The number of nitrogens with zero attached hydrogens (tertiary/aromatic N) is 2. The molecule has 0 fully saturated rings. The van der Waals surface area contributed by atoms with Gasteiger partial charge in [-0.1, -0.05) is 17.7 Å². The lowest BCUT2D eigenvalue weighted by molar-refractivity contribution is 0.468. The molecular formula is C14H13ClN3O2+. The zero-order valence-electron chi connectivity index (χ0n) is 10.9. The lowest BCUT2D eigenvalue weighted by atomic mass is 10.1. The minimum Gasteiger partial charge on any atom is -0.368 e. The predicted molar refractivity (Wildman–Crippen MR) is 76.9 cm³/mol. The van der Waals surface area contributed by atoms with Crippen molar-refractivity contribution >= 4 is 28.6 Å². The molecule has 1 N–H and O–H groups in total. The van der Waals surface area contributed by atoms with Gasteiger partial charge in [-0.15, -0.1) is 0 Å². The molecule has 3 aromatic rings. The number of anilines is 1. The van der Waals surface area contributed by atoms with Crippen molar-refractivity contribution in [2.45, 2.75) is 13.3 Å². The number of aromatic nitrogens is 2. The minimum atomic E-state index is 0.563. The van der Waals surface area contributed by atoms with Gasteiger partial charge in [-0.3, -0.25) is 8.83 Å². The Morgan fingerprint density at radius 1 is 1.35 bits per heavy atom. The number of hydrogen-bond acceptors (Lipinski definition) is 4. The highest BCUT2D eigenvalue weighted by atomic mass is 35.5. The van der Waals surface area contributed by atoms with Gasteiger partial charge in [-0.2, -0.15) is 0 Å². The molecule has 0 saturated carbocycles. The van der Waals surface area contributed by atoms with Gasteiger partial charge in [-0.05, 0) is 18.9 Å². The maximum Gasteiger partial charge on any atom is 0.485 e. The van der Waals surface area contributed by atoms with Gasteiger partial charge < -0.3 is 5.32 Å². The third kappa shape index (κ3) is 2.58. The molecule has 6 heteroatoms. The van der Waals surface area contributed by atoms with E-state index in [1.165, 1.54) is 12.8 Å². The van der Waals surface area contributed by atoms with Crippen molar-refractivity contribution in [2.24, 2.45) is 0 Å². The second-order valence-electron chi connectivity index (χ2n) is 4.41. The average molecular weight is 291 g/mol. The standard InChI is InChI=1S/C14H13ClN3O2/c1-9-13(15)14(18-7-17-9)16-5-4-10-2-3-11-12(6-10)20-8-19-11/h2-3,6-8H,4-5H2,1H3,(H,16,17,18)/q+1. The lowest BCUT2D eigenvalue weighted by Gasteiger charge is -2.07. The van der Waals surface area contributed by atoms with Gasteiger partial charge in [-0.25, -0.2) is 9.97 Å². The van der Waals surface area contributed by atoms with Gasteiger partial charge in [0.25, 0.3) is 0 Å². The molecule has 0 bridgehead atoms. The zero-order valence-corrected chi connectivity index (χ0v) is 11.6. The summed E-state index contributed by atoms with van der Waals surface area (Å²) in [5.41, 5.74) is 3.41. The van der Waals surface area contributed by atoms with Gasteiger partial charge in [0.1, 0.15) is 17.2 Å². The van der Waals surface area contributed by atoms with Gasteiger partial charge in [0, 0.05) is 18.7 Å². The van der Waals surface area contributed by atoms with Crippen LogP contribution in [0.1, 0.15) is 11.3 Å². The van der Waals surface area contributed by atoms with Crippen LogP contribution >= 0.6 is 11.6 Å². The van der Waals surface area contributed by atoms with Crippen LogP contribution in [0.5, 0.6) is 0 Å². The van der Waals surface area contributed by atoms with E-state index in [-0.39, 0.29) is 0 Å². The Balaban J connectivity index is 1.66. The predicted octanol–water partition coefficient (Wildman–Crippen LogP) is 3.71. The van der Waals surface area contributed by atoms with Crippen LogP contribution in [-0.2, 0) is 6.42 Å². The Morgan fingerprint density at radius 3 is 3.15 bits per heavy atom. The first-order valence-electron chi connectivity index (χ1n) is 6.23. The first-order chi connectivity index (χ1) is 9.74. The van der Waals surface area contributed by atoms with Crippen LogP contribution < -0.4 is 5.32 Å². The number of rotatable bonds is 4. The van der Waals surface area contributed by atoms with E-state index in [1.54, 1.807) is 0 Å². The van der Waals surface area contributed by atoms with E-state index in [9.17, 15) is 0 Å². The van der Waals surface area contributed by atoms with Crippen molar-refractivity contribution in [3.05, 3.63) is 47.3 Å². The molecular weight excluding hydrogens is 278 g/mol. The molecule has 0 saturated heterocycles. The molecule has 0 spiro atoms. The van der Waals surface area contributed by atoms with Gasteiger partial charge in [0.2, 0.25) is 0 Å². The second-order valence-corrected chi connectivity index (χ2v) is 4.79.